The van der Waals surface area contributed by atoms with Gasteiger partial charge in [0.15, 0.2) is 23.3 Å². The lowest BCUT2D eigenvalue weighted by molar-refractivity contribution is 0.451. The molecule has 0 nitrogen and oxygen atoms in total. The SMILES string of the molecule is C=Cc1cc(C=C)cc(-c2c(F)c(F)c(Br)c(F)c2F)c1. The van der Waals surface area contributed by atoms with Crippen LogP contribution in [0.3, 0.4) is 0 Å². The molecular weight excluding hydrogens is 348 g/mol. The molecule has 0 spiro atoms. The van der Waals surface area contributed by atoms with E-state index in [9.17, 15) is 17.6 Å². The average molecular weight is 357 g/mol. The Labute approximate surface area is 127 Å². The first kappa shape index (κ1) is 15.5. The highest BCUT2D eigenvalue weighted by Gasteiger charge is 2.25. The van der Waals surface area contributed by atoms with Crippen LogP contribution in [0, 0.1) is 23.3 Å². The molecule has 0 saturated heterocycles. The van der Waals surface area contributed by atoms with Gasteiger partial charge in [0.05, 0.1) is 10.0 Å². The van der Waals surface area contributed by atoms with E-state index in [-0.39, 0.29) is 5.56 Å². The van der Waals surface area contributed by atoms with Crippen molar-refractivity contribution in [2.75, 3.05) is 0 Å². The van der Waals surface area contributed by atoms with E-state index in [1.165, 1.54) is 24.3 Å². The van der Waals surface area contributed by atoms with E-state index in [1.54, 1.807) is 6.07 Å². The fourth-order valence-electron chi connectivity index (χ4n) is 1.91. The van der Waals surface area contributed by atoms with Gasteiger partial charge in [-0.05, 0) is 50.8 Å². The van der Waals surface area contributed by atoms with E-state index in [0.717, 1.165) is 0 Å². The third-order valence-corrected chi connectivity index (χ3v) is 3.64. The number of hydrogen-bond donors (Lipinski definition) is 0. The van der Waals surface area contributed by atoms with Crippen molar-refractivity contribution in [3.8, 4) is 11.1 Å². The second kappa shape index (κ2) is 5.85. The van der Waals surface area contributed by atoms with E-state index < -0.39 is 33.3 Å². The maximum absolute atomic E-state index is 14.0. The summed E-state index contributed by atoms with van der Waals surface area (Å²) in [5.74, 6) is -5.88. The molecule has 0 saturated carbocycles. The smallest absolute Gasteiger partial charge is 0.176 e. The molecule has 0 radical (unpaired) electrons. The van der Waals surface area contributed by atoms with Crippen LogP contribution in [0.25, 0.3) is 23.3 Å². The molecule has 0 aliphatic rings. The summed E-state index contributed by atoms with van der Waals surface area (Å²) in [6, 6.07) is 4.44. The van der Waals surface area contributed by atoms with Gasteiger partial charge in [0.25, 0.3) is 0 Å². The van der Waals surface area contributed by atoms with Gasteiger partial charge < -0.3 is 0 Å². The zero-order valence-electron chi connectivity index (χ0n) is 10.7. The average Bonchev–Trinajstić information content (AvgIpc) is 2.50. The van der Waals surface area contributed by atoms with Crippen LogP contribution >= 0.6 is 15.9 Å². The quantitative estimate of drug-likeness (QED) is 0.361. The van der Waals surface area contributed by atoms with Gasteiger partial charge in [-0.2, -0.15) is 0 Å². The predicted molar refractivity (Wildman–Crippen MR) is 79.6 cm³/mol. The fourth-order valence-corrected chi connectivity index (χ4v) is 2.26. The molecule has 0 aliphatic heterocycles. The third kappa shape index (κ3) is 2.65. The zero-order chi connectivity index (χ0) is 15.7. The van der Waals surface area contributed by atoms with Crippen molar-refractivity contribution in [1.29, 1.82) is 0 Å². The summed E-state index contributed by atoms with van der Waals surface area (Å²) in [5, 5.41) is 0. The van der Waals surface area contributed by atoms with E-state index in [1.807, 2.05) is 0 Å². The molecule has 0 aromatic heterocycles. The molecule has 108 valence electrons. The summed E-state index contributed by atoms with van der Waals surface area (Å²) in [7, 11) is 0. The molecule has 2 aromatic rings. The van der Waals surface area contributed by atoms with Crippen LogP contribution in [0.2, 0.25) is 0 Å². The molecule has 0 atom stereocenters. The van der Waals surface area contributed by atoms with Crippen LogP contribution in [-0.4, -0.2) is 0 Å². The summed E-state index contributed by atoms with van der Waals surface area (Å²) in [5.41, 5.74) is 0.331. The molecule has 0 amide bonds. The Morgan fingerprint density at radius 3 is 1.57 bits per heavy atom. The van der Waals surface area contributed by atoms with Gasteiger partial charge in [-0.25, -0.2) is 17.6 Å². The van der Waals surface area contributed by atoms with Crippen LogP contribution in [0.15, 0.2) is 35.8 Å². The van der Waals surface area contributed by atoms with Crippen LogP contribution in [-0.2, 0) is 0 Å². The van der Waals surface area contributed by atoms with Crippen molar-refractivity contribution in [2.45, 2.75) is 0 Å². The lowest BCUT2D eigenvalue weighted by Gasteiger charge is -2.11. The highest BCUT2D eigenvalue weighted by atomic mass is 79.9. The van der Waals surface area contributed by atoms with Crippen LogP contribution in [0.5, 0.6) is 0 Å². The Morgan fingerprint density at radius 2 is 1.19 bits per heavy atom. The first-order chi connectivity index (χ1) is 9.90. The Bertz CT molecular complexity index is 695. The molecule has 5 heteroatoms. The summed E-state index contributed by atoms with van der Waals surface area (Å²) in [6.07, 6.45) is 2.91. The minimum absolute atomic E-state index is 0.00241. The largest absolute Gasteiger partial charge is 0.203 e. The van der Waals surface area contributed by atoms with Gasteiger partial charge in [-0.15, -0.1) is 0 Å². The number of benzene rings is 2. The summed E-state index contributed by atoms with van der Waals surface area (Å²) >= 11 is 2.48. The van der Waals surface area contributed by atoms with Crippen LogP contribution in [0.1, 0.15) is 11.1 Å². The molecule has 2 rings (SSSR count). The molecule has 0 aliphatic carbocycles. The molecule has 2 aromatic carbocycles. The second-order valence-corrected chi connectivity index (χ2v) is 5.03. The van der Waals surface area contributed by atoms with Crippen LogP contribution in [0.4, 0.5) is 17.6 Å². The van der Waals surface area contributed by atoms with Crippen LogP contribution < -0.4 is 0 Å². The maximum Gasteiger partial charge on any atom is 0.176 e. The van der Waals surface area contributed by atoms with Gasteiger partial charge in [0.2, 0.25) is 0 Å². The fraction of sp³-hybridized carbons (Fsp3) is 0. The van der Waals surface area contributed by atoms with Gasteiger partial charge in [-0.3, -0.25) is 0 Å². The Kier molecular flexibility index (Phi) is 4.32. The predicted octanol–water partition coefficient (Wildman–Crippen LogP) is 5.96. The van der Waals surface area contributed by atoms with E-state index in [4.69, 9.17) is 0 Å². The third-order valence-electron chi connectivity index (χ3n) is 2.95. The van der Waals surface area contributed by atoms with Crippen molar-refractivity contribution >= 4 is 28.1 Å². The van der Waals surface area contributed by atoms with E-state index >= 15 is 0 Å². The minimum atomic E-state index is -1.48. The molecule has 0 bridgehead atoms. The van der Waals surface area contributed by atoms with Crippen molar-refractivity contribution in [1.82, 2.24) is 0 Å². The molecule has 0 unspecified atom stereocenters. The van der Waals surface area contributed by atoms with Crippen molar-refractivity contribution in [2.24, 2.45) is 0 Å². The van der Waals surface area contributed by atoms with Gasteiger partial charge in [-0.1, -0.05) is 25.3 Å². The van der Waals surface area contributed by atoms with Gasteiger partial charge in [0.1, 0.15) is 0 Å². The number of halogens is 5. The normalized spacial score (nSPS) is 10.5. The minimum Gasteiger partial charge on any atom is -0.203 e. The first-order valence-electron chi connectivity index (χ1n) is 5.82. The summed E-state index contributed by atoms with van der Waals surface area (Å²) in [4.78, 5) is 0. The topological polar surface area (TPSA) is 0 Å². The molecule has 0 N–H and O–H groups in total. The van der Waals surface area contributed by atoms with Crippen molar-refractivity contribution in [3.05, 3.63) is 70.2 Å². The monoisotopic (exact) mass is 356 g/mol. The number of hydrogen-bond acceptors (Lipinski definition) is 0. The Hall–Kier alpha value is -1.88. The van der Waals surface area contributed by atoms with E-state index in [0.29, 0.717) is 11.1 Å². The Balaban J connectivity index is 2.84. The summed E-state index contributed by atoms with van der Waals surface area (Å²) in [6.45, 7) is 7.12. The molecule has 21 heavy (non-hydrogen) atoms. The lowest BCUT2D eigenvalue weighted by atomic mass is 9.98. The van der Waals surface area contributed by atoms with Crippen molar-refractivity contribution < 1.29 is 17.6 Å². The molecule has 0 heterocycles. The first-order valence-corrected chi connectivity index (χ1v) is 6.61. The lowest BCUT2D eigenvalue weighted by Crippen LogP contribution is -2.01. The standard InChI is InChI=1S/C16H9BrF4/c1-3-8-5-9(4-2)7-10(6-8)11-13(18)15(20)12(17)16(21)14(11)19/h3-7H,1-2H2. The highest BCUT2D eigenvalue weighted by molar-refractivity contribution is 9.10. The summed E-state index contributed by atoms with van der Waals surface area (Å²) < 4.78 is 54.4. The zero-order valence-corrected chi connectivity index (χ0v) is 12.3. The highest BCUT2D eigenvalue weighted by Crippen LogP contribution is 2.35. The molecule has 0 fully saturated rings. The van der Waals surface area contributed by atoms with Gasteiger partial charge >= 0.3 is 0 Å². The van der Waals surface area contributed by atoms with E-state index in [2.05, 4.69) is 29.1 Å². The molecular formula is C16H9BrF4. The number of rotatable bonds is 3. The Morgan fingerprint density at radius 1 is 0.762 bits per heavy atom. The van der Waals surface area contributed by atoms with Crippen molar-refractivity contribution in [3.63, 3.8) is 0 Å². The van der Waals surface area contributed by atoms with Gasteiger partial charge in [0, 0.05) is 0 Å². The maximum atomic E-state index is 14.0. The second-order valence-electron chi connectivity index (χ2n) is 4.24.